The summed E-state index contributed by atoms with van der Waals surface area (Å²) >= 11 is 12.3. The van der Waals surface area contributed by atoms with Gasteiger partial charge in [-0.3, -0.25) is 0 Å². The Hall–Kier alpha value is -0.280. The van der Waals surface area contributed by atoms with E-state index in [0.717, 1.165) is 22.6 Å². The van der Waals surface area contributed by atoms with E-state index in [4.69, 9.17) is 28.9 Å². The minimum atomic E-state index is 0.653. The molecule has 1 aliphatic heterocycles. The van der Waals surface area contributed by atoms with Gasteiger partial charge in [0.15, 0.2) is 0 Å². The summed E-state index contributed by atoms with van der Waals surface area (Å²) in [5.74, 6) is 1.33. The maximum Gasteiger partial charge on any atom is 0.106 e. The molecule has 0 aliphatic carbocycles. The standard InChI is InChI=1S/C16H25Cl2N2/c1-12(2)9-20(6-5-13(8-19)10-20)11-14-3-4-15(17)7-16(14)18/h3-4,7,12-13H,5-6,8-11,19H2,1-2H3/q+1/t13-,20?/m0/s1. The number of rotatable bonds is 5. The number of nitrogens with zero attached hydrogens (tertiary/aromatic N) is 1. The fourth-order valence-corrected chi connectivity index (χ4v) is 4.01. The van der Waals surface area contributed by atoms with Gasteiger partial charge in [-0.2, -0.15) is 0 Å². The summed E-state index contributed by atoms with van der Waals surface area (Å²) < 4.78 is 1.11. The van der Waals surface area contributed by atoms with Crippen molar-refractivity contribution in [2.24, 2.45) is 17.6 Å². The molecule has 20 heavy (non-hydrogen) atoms. The molecule has 1 aliphatic rings. The summed E-state index contributed by atoms with van der Waals surface area (Å²) in [6.45, 7) is 9.94. The molecule has 1 aromatic carbocycles. The van der Waals surface area contributed by atoms with E-state index in [1.165, 1.54) is 31.6 Å². The maximum atomic E-state index is 6.36. The van der Waals surface area contributed by atoms with Gasteiger partial charge >= 0.3 is 0 Å². The third-order valence-corrected chi connectivity index (χ3v) is 4.85. The molecule has 1 heterocycles. The molecule has 2 N–H and O–H groups in total. The number of hydrogen-bond acceptors (Lipinski definition) is 1. The van der Waals surface area contributed by atoms with E-state index < -0.39 is 0 Å². The molecule has 2 rings (SSSR count). The van der Waals surface area contributed by atoms with Crippen LogP contribution in [0, 0.1) is 11.8 Å². The number of likely N-dealkylation sites (tertiary alicyclic amines) is 1. The molecule has 112 valence electrons. The zero-order valence-electron chi connectivity index (χ0n) is 12.4. The molecule has 0 radical (unpaired) electrons. The molecule has 0 spiro atoms. The number of nitrogens with two attached hydrogens (primary N) is 1. The Kier molecular flexibility index (Phi) is 5.36. The van der Waals surface area contributed by atoms with Gasteiger partial charge in [0.25, 0.3) is 0 Å². The average molecular weight is 316 g/mol. The monoisotopic (exact) mass is 315 g/mol. The van der Waals surface area contributed by atoms with Gasteiger partial charge in [0, 0.05) is 35.4 Å². The van der Waals surface area contributed by atoms with Crippen molar-refractivity contribution < 1.29 is 4.48 Å². The van der Waals surface area contributed by atoms with Crippen molar-refractivity contribution in [3.63, 3.8) is 0 Å². The van der Waals surface area contributed by atoms with Crippen molar-refractivity contribution in [1.29, 1.82) is 0 Å². The fraction of sp³-hybridized carbons (Fsp3) is 0.625. The molecule has 0 saturated carbocycles. The summed E-state index contributed by atoms with van der Waals surface area (Å²) in [6, 6.07) is 5.85. The normalized spacial score (nSPS) is 26.4. The Labute approximate surface area is 132 Å². The van der Waals surface area contributed by atoms with Gasteiger partial charge in [0.2, 0.25) is 0 Å². The van der Waals surface area contributed by atoms with Crippen LogP contribution >= 0.6 is 23.2 Å². The van der Waals surface area contributed by atoms with Crippen molar-refractivity contribution in [3.05, 3.63) is 33.8 Å². The number of hydrogen-bond donors (Lipinski definition) is 1. The van der Waals surface area contributed by atoms with E-state index >= 15 is 0 Å². The Morgan fingerprint density at radius 3 is 2.65 bits per heavy atom. The Morgan fingerprint density at radius 2 is 2.10 bits per heavy atom. The molecule has 1 unspecified atom stereocenters. The highest BCUT2D eigenvalue weighted by molar-refractivity contribution is 6.35. The van der Waals surface area contributed by atoms with Crippen LogP contribution in [0.4, 0.5) is 0 Å². The molecular weight excluding hydrogens is 291 g/mol. The van der Waals surface area contributed by atoms with Crippen molar-refractivity contribution in [1.82, 2.24) is 0 Å². The molecule has 0 bridgehead atoms. The lowest BCUT2D eigenvalue weighted by Gasteiger charge is -2.36. The molecule has 1 fully saturated rings. The number of benzene rings is 1. The first kappa shape index (κ1) is 16.1. The Morgan fingerprint density at radius 1 is 1.35 bits per heavy atom. The average Bonchev–Trinajstić information content (AvgIpc) is 2.75. The zero-order chi connectivity index (χ0) is 14.8. The molecule has 2 atom stereocenters. The van der Waals surface area contributed by atoms with Gasteiger partial charge in [-0.05, 0) is 12.1 Å². The van der Waals surface area contributed by atoms with Crippen LogP contribution in [0.5, 0.6) is 0 Å². The first-order valence-corrected chi connectivity index (χ1v) is 8.19. The summed E-state index contributed by atoms with van der Waals surface area (Å²) in [5, 5.41) is 1.49. The lowest BCUT2D eigenvalue weighted by molar-refractivity contribution is -0.933. The second-order valence-corrected chi connectivity index (χ2v) is 7.45. The summed E-state index contributed by atoms with van der Waals surface area (Å²) in [7, 11) is 0. The third-order valence-electron chi connectivity index (χ3n) is 4.26. The first-order valence-electron chi connectivity index (χ1n) is 7.43. The molecule has 0 amide bonds. The predicted octanol–water partition coefficient (Wildman–Crippen LogP) is 3.94. The topological polar surface area (TPSA) is 26.0 Å². The molecular formula is C16H25Cl2N2+. The predicted molar refractivity (Wildman–Crippen MR) is 87.0 cm³/mol. The molecule has 4 heteroatoms. The van der Waals surface area contributed by atoms with Crippen molar-refractivity contribution in [3.8, 4) is 0 Å². The third kappa shape index (κ3) is 3.88. The summed E-state index contributed by atoms with van der Waals surface area (Å²) in [5.41, 5.74) is 7.08. The fourth-order valence-electron chi connectivity index (χ4n) is 3.54. The van der Waals surface area contributed by atoms with Crippen molar-refractivity contribution in [2.45, 2.75) is 26.8 Å². The lowest BCUT2D eigenvalue weighted by Crippen LogP contribution is -2.48. The highest BCUT2D eigenvalue weighted by Gasteiger charge is 2.38. The summed E-state index contributed by atoms with van der Waals surface area (Å²) in [4.78, 5) is 0. The maximum absolute atomic E-state index is 6.36. The van der Waals surface area contributed by atoms with Crippen LogP contribution < -0.4 is 5.73 Å². The second-order valence-electron chi connectivity index (χ2n) is 6.61. The van der Waals surface area contributed by atoms with Crippen molar-refractivity contribution in [2.75, 3.05) is 26.2 Å². The van der Waals surface area contributed by atoms with E-state index in [-0.39, 0.29) is 0 Å². The van der Waals surface area contributed by atoms with E-state index in [1.54, 1.807) is 0 Å². The Balaban J connectivity index is 2.20. The van der Waals surface area contributed by atoms with E-state index in [1.807, 2.05) is 12.1 Å². The van der Waals surface area contributed by atoms with Crippen LogP contribution in [-0.4, -0.2) is 30.7 Å². The summed E-state index contributed by atoms with van der Waals surface area (Å²) in [6.07, 6.45) is 1.23. The second kappa shape index (κ2) is 6.65. The van der Waals surface area contributed by atoms with Gasteiger partial charge in [0.05, 0.1) is 24.7 Å². The lowest BCUT2D eigenvalue weighted by atomic mass is 10.1. The minimum Gasteiger partial charge on any atom is -0.330 e. The molecule has 0 aromatic heterocycles. The zero-order valence-corrected chi connectivity index (χ0v) is 13.9. The van der Waals surface area contributed by atoms with Crippen molar-refractivity contribution >= 4 is 23.2 Å². The molecule has 1 aromatic rings. The van der Waals surface area contributed by atoms with Gasteiger partial charge in [-0.25, -0.2) is 0 Å². The van der Waals surface area contributed by atoms with E-state index in [2.05, 4.69) is 19.9 Å². The van der Waals surface area contributed by atoms with Crippen LogP contribution in [-0.2, 0) is 6.54 Å². The molecule has 1 saturated heterocycles. The van der Waals surface area contributed by atoms with Gasteiger partial charge in [0.1, 0.15) is 6.54 Å². The van der Waals surface area contributed by atoms with Crippen LogP contribution in [0.2, 0.25) is 10.0 Å². The van der Waals surface area contributed by atoms with Gasteiger partial charge in [-0.15, -0.1) is 0 Å². The highest BCUT2D eigenvalue weighted by atomic mass is 35.5. The number of halogens is 2. The van der Waals surface area contributed by atoms with Crippen LogP contribution in [0.15, 0.2) is 18.2 Å². The van der Waals surface area contributed by atoms with E-state index in [0.29, 0.717) is 16.9 Å². The largest absolute Gasteiger partial charge is 0.330 e. The van der Waals surface area contributed by atoms with Gasteiger partial charge in [-0.1, -0.05) is 43.1 Å². The van der Waals surface area contributed by atoms with E-state index in [9.17, 15) is 0 Å². The minimum absolute atomic E-state index is 0.653. The quantitative estimate of drug-likeness (QED) is 0.818. The molecule has 2 nitrogen and oxygen atoms in total. The first-order chi connectivity index (χ1) is 9.44. The van der Waals surface area contributed by atoms with Crippen LogP contribution in [0.1, 0.15) is 25.8 Å². The van der Waals surface area contributed by atoms with Crippen LogP contribution in [0.25, 0.3) is 0 Å². The highest BCUT2D eigenvalue weighted by Crippen LogP contribution is 2.31. The SMILES string of the molecule is CC(C)C[N+]1(Cc2ccc(Cl)cc2Cl)CC[C@@H](CN)C1. The van der Waals surface area contributed by atoms with Gasteiger partial charge < -0.3 is 10.2 Å². The van der Waals surface area contributed by atoms with Crippen LogP contribution in [0.3, 0.4) is 0 Å². The number of quaternary nitrogens is 1. The Bertz CT molecular complexity index is 462. The smallest absolute Gasteiger partial charge is 0.106 e.